The van der Waals surface area contributed by atoms with Gasteiger partial charge in [-0.1, -0.05) is 46.2 Å². The molecule has 1 unspecified atom stereocenters. The second kappa shape index (κ2) is 8.75. The van der Waals surface area contributed by atoms with Crippen LogP contribution >= 0.6 is 0 Å². The van der Waals surface area contributed by atoms with Gasteiger partial charge >= 0.3 is 0 Å². The van der Waals surface area contributed by atoms with Crippen LogP contribution in [0.2, 0.25) is 0 Å². The third-order valence-electron chi connectivity index (χ3n) is 3.30. The van der Waals surface area contributed by atoms with Crippen LogP contribution in [-0.2, 0) is 11.2 Å². The summed E-state index contributed by atoms with van der Waals surface area (Å²) in [6, 6.07) is 8.36. The number of carbonyl (C=O) groups is 1. The van der Waals surface area contributed by atoms with Crippen LogP contribution in [0.4, 0.5) is 5.69 Å². The smallest absolute Gasteiger partial charge is 0.241 e. The third kappa shape index (κ3) is 5.74. The number of carbonyl (C=O) groups excluding carboxylic acids is 1. The standard InChI is InChI=1S/C17H28N2O/c1-5-7-8-14-9-11-15(12-10-14)19-17(20)16(6-2)18-13(3)4/h9-13,16,18H,5-8H2,1-4H3,(H,19,20). The van der Waals surface area contributed by atoms with Gasteiger partial charge in [0.2, 0.25) is 5.91 Å². The first-order valence-electron chi connectivity index (χ1n) is 7.72. The van der Waals surface area contributed by atoms with Crippen molar-refractivity contribution in [2.45, 2.75) is 65.5 Å². The maximum absolute atomic E-state index is 12.2. The lowest BCUT2D eigenvalue weighted by Gasteiger charge is -2.19. The molecule has 1 amide bonds. The van der Waals surface area contributed by atoms with Crippen molar-refractivity contribution in [3.8, 4) is 0 Å². The van der Waals surface area contributed by atoms with Gasteiger partial charge in [0.1, 0.15) is 0 Å². The minimum Gasteiger partial charge on any atom is -0.325 e. The van der Waals surface area contributed by atoms with Gasteiger partial charge in [-0.3, -0.25) is 4.79 Å². The zero-order valence-corrected chi connectivity index (χ0v) is 13.2. The summed E-state index contributed by atoms with van der Waals surface area (Å²) in [5, 5.41) is 6.26. The Labute approximate surface area is 123 Å². The van der Waals surface area contributed by atoms with Crippen LogP contribution in [0, 0.1) is 0 Å². The fraction of sp³-hybridized carbons (Fsp3) is 0.588. The molecule has 0 aromatic heterocycles. The molecule has 0 aliphatic carbocycles. The molecular formula is C17H28N2O. The van der Waals surface area contributed by atoms with E-state index in [9.17, 15) is 4.79 Å². The average molecular weight is 276 g/mol. The lowest BCUT2D eigenvalue weighted by Crippen LogP contribution is -2.43. The summed E-state index contributed by atoms with van der Waals surface area (Å²) in [6.07, 6.45) is 4.31. The number of hydrogen-bond donors (Lipinski definition) is 2. The summed E-state index contributed by atoms with van der Waals surface area (Å²) in [7, 11) is 0. The Balaban J connectivity index is 2.56. The summed E-state index contributed by atoms with van der Waals surface area (Å²) < 4.78 is 0. The molecule has 0 heterocycles. The molecule has 20 heavy (non-hydrogen) atoms. The lowest BCUT2D eigenvalue weighted by atomic mass is 10.1. The molecule has 0 spiro atoms. The van der Waals surface area contributed by atoms with E-state index in [0.717, 1.165) is 18.5 Å². The summed E-state index contributed by atoms with van der Waals surface area (Å²) in [4.78, 5) is 12.2. The summed E-state index contributed by atoms with van der Waals surface area (Å²) in [5.41, 5.74) is 2.21. The van der Waals surface area contributed by atoms with Crippen LogP contribution in [0.5, 0.6) is 0 Å². The van der Waals surface area contributed by atoms with Crippen LogP contribution in [-0.4, -0.2) is 18.0 Å². The fourth-order valence-corrected chi connectivity index (χ4v) is 2.15. The van der Waals surface area contributed by atoms with E-state index in [2.05, 4.69) is 43.5 Å². The summed E-state index contributed by atoms with van der Waals surface area (Å²) >= 11 is 0. The molecule has 3 heteroatoms. The van der Waals surface area contributed by atoms with E-state index in [-0.39, 0.29) is 11.9 Å². The molecular weight excluding hydrogens is 248 g/mol. The van der Waals surface area contributed by atoms with Gasteiger partial charge in [-0.15, -0.1) is 0 Å². The van der Waals surface area contributed by atoms with Crippen LogP contribution < -0.4 is 10.6 Å². The van der Waals surface area contributed by atoms with Crippen LogP contribution in [0.25, 0.3) is 0 Å². The van der Waals surface area contributed by atoms with Crippen molar-refractivity contribution in [2.75, 3.05) is 5.32 Å². The minimum absolute atomic E-state index is 0.0440. The van der Waals surface area contributed by atoms with Crippen LogP contribution in [0.15, 0.2) is 24.3 Å². The first-order chi connectivity index (χ1) is 9.56. The van der Waals surface area contributed by atoms with E-state index in [1.165, 1.54) is 18.4 Å². The number of unbranched alkanes of at least 4 members (excludes halogenated alkanes) is 1. The number of amides is 1. The van der Waals surface area contributed by atoms with Crippen LogP contribution in [0.1, 0.15) is 52.5 Å². The molecule has 0 aliphatic heterocycles. The molecule has 1 aromatic carbocycles. The molecule has 0 radical (unpaired) electrons. The molecule has 112 valence electrons. The highest BCUT2D eigenvalue weighted by molar-refractivity contribution is 5.94. The number of benzene rings is 1. The van der Waals surface area contributed by atoms with E-state index in [0.29, 0.717) is 6.04 Å². The summed E-state index contributed by atoms with van der Waals surface area (Å²) in [5.74, 6) is 0.0440. The van der Waals surface area contributed by atoms with Crippen molar-refractivity contribution in [1.29, 1.82) is 0 Å². The Bertz CT molecular complexity index is 398. The predicted octanol–water partition coefficient (Wildman–Crippen LogP) is 3.74. The highest BCUT2D eigenvalue weighted by atomic mass is 16.2. The van der Waals surface area contributed by atoms with Crippen LogP contribution in [0.3, 0.4) is 0 Å². The maximum Gasteiger partial charge on any atom is 0.241 e. The predicted molar refractivity (Wildman–Crippen MR) is 86.0 cm³/mol. The Morgan fingerprint density at radius 1 is 1.15 bits per heavy atom. The number of nitrogens with one attached hydrogen (secondary N) is 2. The van der Waals surface area contributed by atoms with Gasteiger partial charge in [0.25, 0.3) is 0 Å². The summed E-state index contributed by atoms with van der Waals surface area (Å²) in [6.45, 7) is 8.33. The molecule has 1 atom stereocenters. The van der Waals surface area contributed by atoms with Gasteiger partial charge in [0.15, 0.2) is 0 Å². The van der Waals surface area contributed by atoms with Gasteiger partial charge in [-0.05, 0) is 37.0 Å². The minimum atomic E-state index is -0.130. The Morgan fingerprint density at radius 3 is 2.30 bits per heavy atom. The van der Waals surface area contributed by atoms with E-state index in [4.69, 9.17) is 0 Å². The van der Waals surface area contributed by atoms with Gasteiger partial charge in [0.05, 0.1) is 6.04 Å². The van der Waals surface area contributed by atoms with Gasteiger partial charge < -0.3 is 10.6 Å². The normalized spacial score (nSPS) is 12.4. The van der Waals surface area contributed by atoms with Crippen molar-refractivity contribution >= 4 is 11.6 Å². The van der Waals surface area contributed by atoms with Gasteiger partial charge in [-0.2, -0.15) is 0 Å². The molecule has 1 aromatic rings. The molecule has 0 fully saturated rings. The van der Waals surface area contributed by atoms with E-state index >= 15 is 0 Å². The molecule has 1 rings (SSSR count). The molecule has 0 saturated carbocycles. The van der Waals surface area contributed by atoms with Crippen molar-refractivity contribution in [1.82, 2.24) is 5.32 Å². The Hall–Kier alpha value is -1.35. The van der Waals surface area contributed by atoms with Crippen molar-refractivity contribution in [2.24, 2.45) is 0 Å². The maximum atomic E-state index is 12.2. The van der Waals surface area contributed by atoms with Gasteiger partial charge in [0, 0.05) is 11.7 Å². The van der Waals surface area contributed by atoms with E-state index in [1.54, 1.807) is 0 Å². The van der Waals surface area contributed by atoms with Crippen molar-refractivity contribution < 1.29 is 4.79 Å². The lowest BCUT2D eigenvalue weighted by molar-refractivity contribution is -0.118. The van der Waals surface area contributed by atoms with Crippen molar-refractivity contribution in [3.05, 3.63) is 29.8 Å². The topological polar surface area (TPSA) is 41.1 Å². The largest absolute Gasteiger partial charge is 0.325 e. The second-order valence-electron chi connectivity index (χ2n) is 5.57. The number of hydrogen-bond acceptors (Lipinski definition) is 2. The zero-order valence-electron chi connectivity index (χ0n) is 13.2. The fourth-order valence-electron chi connectivity index (χ4n) is 2.15. The molecule has 0 bridgehead atoms. The third-order valence-corrected chi connectivity index (χ3v) is 3.30. The first-order valence-corrected chi connectivity index (χ1v) is 7.72. The average Bonchev–Trinajstić information content (AvgIpc) is 2.43. The van der Waals surface area contributed by atoms with Gasteiger partial charge in [-0.25, -0.2) is 0 Å². The monoisotopic (exact) mass is 276 g/mol. The quantitative estimate of drug-likeness (QED) is 0.759. The second-order valence-corrected chi connectivity index (χ2v) is 5.57. The SMILES string of the molecule is CCCCc1ccc(NC(=O)C(CC)NC(C)C)cc1. The van der Waals surface area contributed by atoms with E-state index < -0.39 is 0 Å². The first kappa shape index (κ1) is 16.7. The highest BCUT2D eigenvalue weighted by Crippen LogP contribution is 2.12. The Kier molecular flexibility index (Phi) is 7.31. The zero-order chi connectivity index (χ0) is 15.0. The molecule has 2 N–H and O–H groups in total. The number of rotatable bonds is 8. The highest BCUT2D eigenvalue weighted by Gasteiger charge is 2.16. The molecule has 0 aliphatic rings. The number of anilines is 1. The molecule has 0 saturated heterocycles. The van der Waals surface area contributed by atoms with E-state index in [1.807, 2.05) is 19.1 Å². The van der Waals surface area contributed by atoms with Crippen molar-refractivity contribution in [3.63, 3.8) is 0 Å². The number of aryl methyl sites for hydroxylation is 1. The molecule has 3 nitrogen and oxygen atoms in total. The Morgan fingerprint density at radius 2 is 1.80 bits per heavy atom.